The molecule has 0 aromatic carbocycles. The van der Waals surface area contributed by atoms with Crippen LogP contribution in [0.25, 0.3) is 0 Å². The summed E-state index contributed by atoms with van der Waals surface area (Å²) in [5.41, 5.74) is 0.999. The van der Waals surface area contributed by atoms with E-state index in [9.17, 15) is 8.78 Å². The molecule has 0 amide bonds. The minimum absolute atomic E-state index is 0.398. The molecule has 1 aliphatic rings. The molecule has 1 aliphatic heterocycles. The Hall–Kier alpha value is -0.120. The highest BCUT2D eigenvalue weighted by Crippen LogP contribution is 2.26. The second kappa shape index (κ2) is 3.52. The molecule has 0 radical (unpaired) electrons. The van der Waals surface area contributed by atoms with Crippen molar-refractivity contribution in [2.24, 2.45) is 5.92 Å². The Morgan fingerprint density at radius 1 is 1.73 bits per heavy atom. The maximum atomic E-state index is 12.2. The lowest BCUT2D eigenvalue weighted by Gasteiger charge is -2.26. The van der Waals surface area contributed by atoms with Crippen LogP contribution in [0.2, 0.25) is 0 Å². The summed E-state index contributed by atoms with van der Waals surface area (Å²) in [7, 11) is 0. The summed E-state index contributed by atoms with van der Waals surface area (Å²) < 4.78 is 26.0. The number of hydrogen-bond donors (Lipinski definition) is 0. The van der Waals surface area contributed by atoms with Crippen molar-refractivity contribution in [3.63, 3.8) is 0 Å². The first kappa shape index (κ1) is 8.97. The van der Waals surface area contributed by atoms with Crippen LogP contribution in [0.3, 0.4) is 0 Å². The van der Waals surface area contributed by atoms with Crippen LogP contribution in [0, 0.1) is 5.92 Å². The van der Waals surface area contributed by atoms with Gasteiger partial charge in [-0.1, -0.05) is 5.57 Å². The Bertz CT molecular complexity index is 170. The summed E-state index contributed by atoms with van der Waals surface area (Å²) in [5.74, 6) is -0.514. The van der Waals surface area contributed by atoms with Crippen molar-refractivity contribution in [1.82, 2.24) is 3.93 Å². The third-order valence-corrected chi connectivity index (χ3v) is 2.20. The van der Waals surface area contributed by atoms with Crippen LogP contribution in [-0.4, -0.2) is 16.9 Å². The molecule has 0 saturated carbocycles. The van der Waals surface area contributed by atoms with Gasteiger partial charge >= 0.3 is 0 Å². The number of halogens is 3. The number of rotatable bonds is 1. The van der Waals surface area contributed by atoms with E-state index in [2.05, 4.69) is 16.1 Å². The molecule has 1 rings (SSSR count). The Kier molecular flexibility index (Phi) is 2.87. The van der Waals surface area contributed by atoms with Crippen LogP contribution in [0.15, 0.2) is 11.8 Å². The highest BCUT2D eigenvalue weighted by atomic mass is 79.9. The van der Waals surface area contributed by atoms with Gasteiger partial charge in [0.25, 0.3) is 0 Å². The van der Waals surface area contributed by atoms with Gasteiger partial charge < -0.3 is 3.93 Å². The zero-order valence-corrected chi connectivity index (χ0v) is 7.81. The van der Waals surface area contributed by atoms with Crippen molar-refractivity contribution in [2.75, 3.05) is 6.54 Å². The van der Waals surface area contributed by atoms with Gasteiger partial charge in [-0.25, -0.2) is 8.78 Å². The topological polar surface area (TPSA) is 3.24 Å². The fourth-order valence-corrected chi connectivity index (χ4v) is 1.94. The van der Waals surface area contributed by atoms with Crippen molar-refractivity contribution in [3.8, 4) is 0 Å². The van der Waals surface area contributed by atoms with Crippen LogP contribution in [0.4, 0.5) is 8.78 Å². The minimum Gasteiger partial charge on any atom is -0.315 e. The Morgan fingerprint density at radius 3 is 2.82 bits per heavy atom. The van der Waals surface area contributed by atoms with Gasteiger partial charge in [-0.05, 0) is 13.3 Å². The van der Waals surface area contributed by atoms with E-state index in [4.69, 9.17) is 0 Å². The van der Waals surface area contributed by atoms with Crippen molar-refractivity contribution in [3.05, 3.63) is 11.8 Å². The van der Waals surface area contributed by atoms with E-state index in [0.29, 0.717) is 13.0 Å². The Labute approximate surface area is 73.4 Å². The Morgan fingerprint density at radius 2 is 2.36 bits per heavy atom. The van der Waals surface area contributed by atoms with Crippen molar-refractivity contribution >= 4 is 16.1 Å². The summed E-state index contributed by atoms with van der Waals surface area (Å²) in [6.07, 6.45) is 0.150. The fraction of sp³-hybridized carbons (Fsp3) is 0.714. The number of nitrogens with zero attached hydrogens (tertiary/aromatic N) is 1. The van der Waals surface area contributed by atoms with E-state index in [1.165, 1.54) is 0 Å². The first-order valence-electron chi connectivity index (χ1n) is 3.47. The molecule has 1 atom stereocenters. The number of alkyl halides is 2. The molecule has 1 nitrogen and oxygen atoms in total. The lowest BCUT2D eigenvalue weighted by atomic mass is 9.99. The highest BCUT2D eigenvalue weighted by molar-refractivity contribution is 9.07. The van der Waals surface area contributed by atoms with E-state index in [1.54, 1.807) is 3.93 Å². The van der Waals surface area contributed by atoms with E-state index < -0.39 is 12.3 Å². The lowest BCUT2D eigenvalue weighted by molar-refractivity contribution is 0.0682. The highest BCUT2D eigenvalue weighted by Gasteiger charge is 2.25. The predicted molar refractivity (Wildman–Crippen MR) is 43.5 cm³/mol. The summed E-state index contributed by atoms with van der Waals surface area (Å²) >= 11 is 3.16. The van der Waals surface area contributed by atoms with Gasteiger partial charge in [0, 0.05) is 34.8 Å². The summed E-state index contributed by atoms with van der Waals surface area (Å²) in [6.45, 7) is 2.26. The maximum Gasteiger partial charge on any atom is 0.243 e. The van der Waals surface area contributed by atoms with Gasteiger partial charge in [0.2, 0.25) is 6.43 Å². The van der Waals surface area contributed by atoms with Gasteiger partial charge in [-0.2, -0.15) is 0 Å². The smallest absolute Gasteiger partial charge is 0.243 e. The summed E-state index contributed by atoms with van der Waals surface area (Å²) in [6, 6.07) is 0. The standard InChI is InChI=1S/C7H10BrF2N/c1-5-2-6(7(9)10)4-11(8)3-5/h3,6-7H,2,4H2,1H3. The average molecular weight is 226 g/mol. The van der Waals surface area contributed by atoms with Gasteiger partial charge in [-0.3, -0.25) is 0 Å². The predicted octanol–water partition coefficient (Wildman–Crippen LogP) is 2.79. The first-order valence-corrected chi connectivity index (χ1v) is 4.18. The monoisotopic (exact) mass is 225 g/mol. The van der Waals surface area contributed by atoms with Gasteiger partial charge in [0.1, 0.15) is 0 Å². The fourth-order valence-electron chi connectivity index (χ4n) is 1.22. The number of allylic oxidation sites excluding steroid dienone is 1. The van der Waals surface area contributed by atoms with E-state index >= 15 is 0 Å². The molecule has 1 heterocycles. The molecule has 64 valence electrons. The van der Waals surface area contributed by atoms with E-state index in [-0.39, 0.29) is 0 Å². The van der Waals surface area contributed by atoms with Crippen LogP contribution < -0.4 is 0 Å². The third kappa shape index (κ3) is 2.43. The lowest BCUT2D eigenvalue weighted by Crippen LogP contribution is -2.27. The average Bonchev–Trinajstić information content (AvgIpc) is 1.85. The van der Waals surface area contributed by atoms with Crippen molar-refractivity contribution < 1.29 is 8.78 Å². The SMILES string of the molecule is CC1=CN(Br)CC(C(F)F)C1. The van der Waals surface area contributed by atoms with Gasteiger partial charge in [-0.15, -0.1) is 0 Å². The second-order valence-corrected chi connectivity index (χ2v) is 3.77. The van der Waals surface area contributed by atoms with Crippen LogP contribution in [0.1, 0.15) is 13.3 Å². The molecule has 0 aromatic rings. The molecule has 0 aliphatic carbocycles. The molecular formula is C7H10BrF2N. The molecule has 0 spiro atoms. The molecule has 0 bridgehead atoms. The molecular weight excluding hydrogens is 216 g/mol. The zero-order valence-electron chi connectivity index (χ0n) is 6.23. The van der Waals surface area contributed by atoms with Crippen LogP contribution >= 0.6 is 16.1 Å². The molecule has 0 N–H and O–H groups in total. The molecule has 0 fully saturated rings. The molecule has 0 saturated heterocycles. The number of hydrogen-bond acceptors (Lipinski definition) is 1. The largest absolute Gasteiger partial charge is 0.315 e. The van der Waals surface area contributed by atoms with Crippen LogP contribution in [-0.2, 0) is 0 Å². The van der Waals surface area contributed by atoms with Crippen molar-refractivity contribution in [2.45, 2.75) is 19.8 Å². The summed E-state index contributed by atoms with van der Waals surface area (Å²) in [5, 5.41) is 0. The zero-order chi connectivity index (χ0) is 8.43. The first-order chi connectivity index (χ1) is 5.09. The van der Waals surface area contributed by atoms with Gasteiger partial charge in [0.05, 0.1) is 0 Å². The molecule has 0 aromatic heterocycles. The Balaban J connectivity index is 2.57. The minimum atomic E-state index is -2.21. The van der Waals surface area contributed by atoms with E-state index in [1.807, 2.05) is 13.1 Å². The molecule has 1 unspecified atom stereocenters. The molecule has 4 heteroatoms. The quantitative estimate of drug-likeness (QED) is 0.621. The normalized spacial score (nSPS) is 25.7. The maximum absolute atomic E-state index is 12.2. The molecule has 11 heavy (non-hydrogen) atoms. The summed E-state index contributed by atoms with van der Waals surface area (Å²) in [4.78, 5) is 0. The van der Waals surface area contributed by atoms with Gasteiger partial charge in [0.15, 0.2) is 0 Å². The second-order valence-electron chi connectivity index (χ2n) is 2.86. The third-order valence-electron chi connectivity index (χ3n) is 1.71. The van der Waals surface area contributed by atoms with Crippen molar-refractivity contribution in [1.29, 1.82) is 0 Å². The van der Waals surface area contributed by atoms with Crippen LogP contribution in [0.5, 0.6) is 0 Å². The van der Waals surface area contributed by atoms with E-state index in [0.717, 1.165) is 5.57 Å².